The van der Waals surface area contributed by atoms with Crippen molar-refractivity contribution in [3.8, 4) is 5.69 Å². The average molecular weight is 373 g/mol. The highest BCUT2D eigenvalue weighted by molar-refractivity contribution is 6.43. The number of likely N-dealkylation sites (N-methyl/N-ethyl adjacent to an activating group) is 1. The van der Waals surface area contributed by atoms with Crippen LogP contribution >= 0.6 is 0 Å². The van der Waals surface area contributed by atoms with Crippen LogP contribution in [0, 0.1) is 13.8 Å². The number of aryl methyl sites for hydroxylation is 2. The van der Waals surface area contributed by atoms with Crippen LogP contribution in [0.5, 0.6) is 0 Å². The minimum atomic E-state index is -0.496. The fourth-order valence-electron chi connectivity index (χ4n) is 4.14. The maximum atomic E-state index is 13.1. The van der Waals surface area contributed by atoms with Crippen LogP contribution in [0.15, 0.2) is 54.6 Å². The third-order valence-corrected chi connectivity index (χ3v) is 5.60. The first kappa shape index (κ1) is 18.2. The topological polar surface area (TPSA) is 55.2 Å². The summed E-state index contributed by atoms with van der Waals surface area (Å²) in [5, 5.41) is 4.50. The first-order chi connectivity index (χ1) is 13.5. The Morgan fingerprint density at radius 2 is 1.71 bits per heavy atom. The van der Waals surface area contributed by atoms with Gasteiger partial charge >= 0.3 is 0 Å². The second-order valence-electron chi connectivity index (χ2n) is 7.29. The molecule has 5 heteroatoms. The van der Waals surface area contributed by atoms with Gasteiger partial charge < -0.3 is 4.90 Å². The molecule has 3 aromatic rings. The van der Waals surface area contributed by atoms with Crippen LogP contribution in [-0.4, -0.2) is 33.4 Å². The summed E-state index contributed by atoms with van der Waals surface area (Å²) in [4.78, 5) is 27.7. The predicted molar refractivity (Wildman–Crippen MR) is 108 cm³/mol. The Labute approximate surface area is 164 Å². The summed E-state index contributed by atoms with van der Waals surface area (Å²) in [6, 6.07) is 17.7. The Bertz CT molecular complexity index is 1050. The number of ketones is 1. The van der Waals surface area contributed by atoms with Gasteiger partial charge in [-0.2, -0.15) is 5.10 Å². The summed E-state index contributed by atoms with van der Waals surface area (Å²) in [6.45, 7) is 3.61. The molecule has 2 aromatic carbocycles. The molecule has 0 fully saturated rings. The molecule has 0 aliphatic heterocycles. The summed E-state index contributed by atoms with van der Waals surface area (Å²) in [5.74, 6) is -0.982. The number of para-hydroxylation sites is 1. The molecule has 1 aliphatic rings. The lowest BCUT2D eigenvalue weighted by molar-refractivity contribution is -0.127. The van der Waals surface area contributed by atoms with Crippen LogP contribution in [0.25, 0.3) is 5.69 Å². The van der Waals surface area contributed by atoms with Crippen molar-refractivity contribution >= 4 is 11.7 Å². The van der Waals surface area contributed by atoms with Crippen molar-refractivity contribution in [2.45, 2.75) is 32.7 Å². The van der Waals surface area contributed by atoms with E-state index < -0.39 is 11.7 Å². The number of amides is 1. The molecule has 1 heterocycles. The Morgan fingerprint density at radius 1 is 1.04 bits per heavy atom. The summed E-state index contributed by atoms with van der Waals surface area (Å²) in [5.41, 5.74) is 4.91. The van der Waals surface area contributed by atoms with Gasteiger partial charge in [-0.05, 0) is 49.9 Å². The number of Topliss-reactive ketones (excluding diaryl/α,β-unsaturated/α-hetero) is 1. The summed E-state index contributed by atoms with van der Waals surface area (Å²) >= 11 is 0. The molecule has 0 spiro atoms. The molecule has 0 unspecified atom stereocenters. The van der Waals surface area contributed by atoms with Gasteiger partial charge in [0.05, 0.1) is 28.7 Å². The fourth-order valence-corrected chi connectivity index (χ4v) is 4.14. The molecule has 0 N–H and O–H groups in total. The Hall–Kier alpha value is -3.21. The number of hydrogen-bond donors (Lipinski definition) is 0. The third kappa shape index (κ3) is 2.93. The smallest absolute Gasteiger partial charge is 0.295 e. The zero-order valence-corrected chi connectivity index (χ0v) is 16.3. The number of benzene rings is 2. The number of aromatic nitrogens is 2. The Kier molecular flexibility index (Phi) is 4.59. The zero-order valence-electron chi connectivity index (χ0n) is 16.3. The lowest BCUT2D eigenvalue weighted by Gasteiger charge is -2.24. The average Bonchev–Trinajstić information content (AvgIpc) is 3.27. The minimum Gasteiger partial charge on any atom is -0.332 e. The van der Waals surface area contributed by atoms with Crippen molar-refractivity contribution in [3.05, 3.63) is 82.7 Å². The molecule has 5 nitrogen and oxygen atoms in total. The number of hydrogen-bond acceptors (Lipinski definition) is 3. The van der Waals surface area contributed by atoms with E-state index in [1.54, 1.807) is 23.6 Å². The van der Waals surface area contributed by atoms with Crippen molar-refractivity contribution in [1.29, 1.82) is 0 Å². The van der Waals surface area contributed by atoms with Crippen molar-refractivity contribution < 1.29 is 9.59 Å². The van der Waals surface area contributed by atoms with Gasteiger partial charge in [0.1, 0.15) is 0 Å². The number of rotatable bonds is 4. The van der Waals surface area contributed by atoms with Crippen molar-refractivity contribution in [2.75, 3.05) is 7.05 Å². The van der Waals surface area contributed by atoms with E-state index in [1.807, 2.05) is 55.5 Å². The van der Waals surface area contributed by atoms with Crippen LogP contribution in [0.2, 0.25) is 0 Å². The van der Waals surface area contributed by atoms with Crippen LogP contribution in [0.3, 0.4) is 0 Å². The Balaban J connectivity index is 1.63. The molecular formula is C23H23N3O2. The number of nitrogens with zero attached hydrogens (tertiary/aromatic N) is 3. The number of carbonyl (C=O) groups is 2. The van der Waals surface area contributed by atoms with Crippen LogP contribution in [0.1, 0.15) is 45.3 Å². The molecule has 0 bridgehead atoms. The lowest BCUT2D eigenvalue weighted by atomic mass is 10.0. The van der Waals surface area contributed by atoms with Gasteiger partial charge in [0.25, 0.3) is 11.7 Å². The second-order valence-corrected chi connectivity index (χ2v) is 7.29. The molecule has 1 aliphatic carbocycles. The molecule has 4 rings (SSSR count). The highest BCUT2D eigenvalue weighted by Gasteiger charge is 2.33. The van der Waals surface area contributed by atoms with Crippen LogP contribution in [-0.2, 0) is 11.2 Å². The lowest BCUT2D eigenvalue weighted by Crippen LogP contribution is -2.36. The van der Waals surface area contributed by atoms with E-state index in [0.717, 1.165) is 24.1 Å². The largest absolute Gasteiger partial charge is 0.332 e. The van der Waals surface area contributed by atoms with E-state index in [-0.39, 0.29) is 6.04 Å². The van der Waals surface area contributed by atoms with Crippen molar-refractivity contribution in [2.24, 2.45) is 0 Å². The maximum absolute atomic E-state index is 13.1. The first-order valence-electron chi connectivity index (χ1n) is 9.50. The van der Waals surface area contributed by atoms with Crippen molar-refractivity contribution in [1.82, 2.24) is 14.7 Å². The van der Waals surface area contributed by atoms with E-state index in [1.165, 1.54) is 5.56 Å². The van der Waals surface area contributed by atoms with Crippen LogP contribution in [0.4, 0.5) is 0 Å². The molecule has 0 saturated heterocycles. The standard InChI is InChI=1S/C23H23N3O2/c1-15-21(16(2)26(24-15)18-10-5-4-6-11-18)22(27)23(28)25(3)20-14-13-17-9-7-8-12-19(17)20/h4-12,20H,13-14H2,1-3H3/t20-/m0/s1. The Morgan fingerprint density at radius 3 is 2.46 bits per heavy atom. The van der Waals surface area contributed by atoms with Gasteiger partial charge in [-0.15, -0.1) is 0 Å². The molecule has 0 saturated carbocycles. The molecule has 142 valence electrons. The predicted octanol–water partition coefficient (Wildman–Crippen LogP) is 3.82. The summed E-state index contributed by atoms with van der Waals surface area (Å²) in [6.07, 6.45) is 1.77. The molecule has 0 radical (unpaired) electrons. The van der Waals surface area contributed by atoms with E-state index in [0.29, 0.717) is 17.0 Å². The van der Waals surface area contributed by atoms with Gasteiger partial charge in [-0.25, -0.2) is 4.68 Å². The summed E-state index contributed by atoms with van der Waals surface area (Å²) in [7, 11) is 1.72. The normalized spacial score (nSPS) is 15.3. The summed E-state index contributed by atoms with van der Waals surface area (Å²) < 4.78 is 1.72. The second kappa shape index (κ2) is 7.08. The quantitative estimate of drug-likeness (QED) is 0.516. The van der Waals surface area contributed by atoms with Gasteiger partial charge in [0.2, 0.25) is 0 Å². The maximum Gasteiger partial charge on any atom is 0.295 e. The van der Waals surface area contributed by atoms with E-state index in [2.05, 4.69) is 11.2 Å². The number of carbonyl (C=O) groups excluding carboxylic acids is 2. The van der Waals surface area contributed by atoms with Crippen LogP contribution < -0.4 is 0 Å². The molecule has 1 aromatic heterocycles. The third-order valence-electron chi connectivity index (χ3n) is 5.60. The van der Waals surface area contributed by atoms with E-state index >= 15 is 0 Å². The zero-order chi connectivity index (χ0) is 19.8. The highest BCUT2D eigenvalue weighted by atomic mass is 16.2. The molecular weight excluding hydrogens is 350 g/mol. The molecule has 28 heavy (non-hydrogen) atoms. The van der Waals surface area contributed by atoms with E-state index in [4.69, 9.17) is 0 Å². The van der Waals surface area contributed by atoms with E-state index in [9.17, 15) is 9.59 Å². The molecule has 1 atom stereocenters. The highest BCUT2D eigenvalue weighted by Crippen LogP contribution is 2.35. The molecule has 1 amide bonds. The van der Waals surface area contributed by atoms with Crippen molar-refractivity contribution in [3.63, 3.8) is 0 Å². The fraction of sp³-hybridized carbons (Fsp3) is 0.261. The van der Waals surface area contributed by atoms with Gasteiger partial charge in [0, 0.05) is 7.05 Å². The van der Waals surface area contributed by atoms with Gasteiger partial charge in [0.15, 0.2) is 0 Å². The SMILES string of the molecule is Cc1nn(-c2ccccc2)c(C)c1C(=O)C(=O)N(C)[C@H]1CCc2ccccc21. The monoisotopic (exact) mass is 373 g/mol. The van der Waals surface area contributed by atoms with Gasteiger partial charge in [-0.1, -0.05) is 42.5 Å². The first-order valence-corrected chi connectivity index (χ1v) is 9.50. The van der Waals surface area contributed by atoms with Gasteiger partial charge in [-0.3, -0.25) is 9.59 Å². The number of fused-ring (bicyclic) bond motifs is 1. The minimum absolute atomic E-state index is 0.0579.